The van der Waals surface area contributed by atoms with E-state index in [1.807, 2.05) is 0 Å². The molecule has 0 atom stereocenters. The highest BCUT2D eigenvalue weighted by Gasteiger charge is 2.11. The Balaban J connectivity index is 2.68. The summed E-state index contributed by atoms with van der Waals surface area (Å²) in [6.07, 6.45) is 1.48. The van der Waals surface area contributed by atoms with Crippen LogP contribution in [0.1, 0.15) is 0 Å². The summed E-state index contributed by atoms with van der Waals surface area (Å²) in [5.41, 5.74) is 0.171. The van der Waals surface area contributed by atoms with Crippen molar-refractivity contribution in [3.05, 3.63) is 46.5 Å². The molecular formula is C9H5Cl2FN2. The summed E-state index contributed by atoms with van der Waals surface area (Å²) in [6.45, 7) is 0. The van der Waals surface area contributed by atoms with Gasteiger partial charge in [-0.15, -0.1) is 0 Å². The maximum Gasteiger partial charge on any atom is 0.150 e. The Morgan fingerprint density at radius 3 is 2.57 bits per heavy atom. The zero-order valence-corrected chi connectivity index (χ0v) is 8.43. The Hall–Kier alpha value is -1.06. The third kappa shape index (κ3) is 1.49. The van der Waals surface area contributed by atoms with E-state index in [1.165, 1.54) is 23.0 Å². The lowest BCUT2D eigenvalue weighted by molar-refractivity contribution is 0.611. The molecule has 0 unspecified atom stereocenters. The summed E-state index contributed by atoms with van der Waals surface area (Å²) < 4.78 is 14.6. The van der Waals surface area contributed by atoms with E-state index in [4.69, 9.17) is 23.2 Å². The van der Waals surface area contributed by atoms with Crippen LogP contribution in [0, 0.1) is 5.82 Å². The maximum atomic E-state index is 13.4. The predicted molar refractivity (Wildman–Crippen MR) is 53.5 cm³/mol. The number of hydrogen-bond donors (Lipinski definition) is 0. The van der Waals surface area contributed by atoms with Gasteiger partial charge in [0.15, 0.2) is 0 Å². The summed E-state index contributed by atoms with van der Waals surface area (Å²) in [5, 5.41) is 4.46. The molecule has 0 radical (unpaired) electrons. The Bertz CT molecular complexity index is 447. The normalized spacial score (nSPS) is 10.5. The smallest absolute Gasteiger partial charge is 0.150 e. The Morgan fingerprint density at radius 2 is 2.00 bits per heavy atom. The quantitative estimate of drug-likeness (QED) is 0.736. The van der Waals surface area contributed by atoms with Crippen LogP contribution in [0.5, 0.6) is 0 Å². The maximum absolute atomic E-state index is 13.4. The monoisotopic (exact) mass is 230 g/mol. The lowest BCUT2D eigenvalue weighted by atomic mass is 10.3. The minimum Gasteiger partial charge on any atom is -0.218 e. The summed E-state index contributed by atoms with van der Waals surface area (Å²) in [6, 6.07) is 5.97. The van der Waals surface area contributed by atoms with E-state index in [0.717, 1.165) is 0 Å². The summed E-state index contributed by atoms with van der Waals surface area (Å²) >= 11 is 11.6. The molecule has 0 aliphatic carbocycles. The highest BCUT2D eigenvalue weighted by atomic mass is 35.5. The second-order valence-corrected chi connectivity index (χ2v) is 3.43. The SMILES string of the molecule is Fc1cccc(Cl)c1-n1nccc1Cl. The van der Waals surface area contributed by atoms with E-state index in [1.54, 1.807) is 12.1 Å². The molecule has 2 aromatic rings. The minimum atomic E-state index is -0.455. The first-order valence-corrected chi connectivity index (χ1v) is 4.59. The minimum absolute atomic E-state index is 0.171. The lowest BCUT2D eigenvalue weighted by Crippen LogP contribution is -2.00. The Morgan fingerprint density at radius 1 is 1.21 bits per heavy atom. The number of para-hydroxylation sites is 1. The van der Waals surface area contributed by atoms with Gasteiger partial charge in [-0.2, -0.15) is 5.10 Å². The standard InChI is InChI=1S/C9H5Cl2FN2/c10-6-2-1-3-7(12)9(6)14-8(11)4-5-13-14/h1-5H. The van der Waals surface area contributed by atoms with E-state index < -0.39 is 5.82 Å². The number of nitrogens with zero attached hydrogens (tertiary/aromatic N) is 2. The largest absolute Gasteiger partial charge is 0.218 e. The van der Waals surface area contributed by atoms with Crippen LogP contribution in [0.3, 0.4) is 0 Å². The van der Waals surface area contributed by atoms with Crippen molar-refractivity contribution in [2.24, 2.45) is 0 Å². The molecule has 1 aromatic heterocycles. The van der Waals surface area contributed by atoms with Crippen molar-refractivity contribution >= 4 is 23.2 Å². The zero-order chi connectivity index (χ0) is 10.1. The third-order valence-electron chi connectivity index (χ3n) is 1.75. The first kappa shape index (κ1) is 9.49. The van der Waals surface area contributed by atoms with Crippen LogP contribution in [0.15, 0.2) is 30.5 Å². The number of aromatic nitrogens is 2. The molecule has 1 heterocycles. The van der Waals surface area contributed by atoms with Gasteiger partial charge in [0.25, 0.3) is 0 Å². The number of halogens is 3. The average Bonchev–Trinajstić information content (AvgIpc) is 2.52. The third-order valence-corrected chi connectivity index (χ3v) is 2.34. The van der Waals surface area contributed by atoms with Crippen LogP contribution < -0.4 is 0 Å². The van der Waals surface area contributed by atoms with Crippen molar-refractivity contribution in [3.63, 3.8) is 0 Å². The molecule has 2 nitrogen and oxygen atoms in total. The van der Waals surface area contributed by atoms with Crippen LogP contribution in [0.25, 0.3) is 5.69 Å². The molecule has 0 saturated heterocycles. The van der Waals surface area contributed by atoms with Crippen LogP contribution in [0.2, 0.25) is 10.2 Å². The number of rotatable bonds is 1. The molecule has 0 N–H and O–H groups in total. The fraction of sp³-hybridized carbons (Fsp3) is 0. The van der Waals surface area contributed by atoms with Crippen molar-refractivity contribution in [2.75, 3.05) is 0 Å². The van der Waals surface area contributed by atoms with Crippen LogP contribution in [-0.4, -0.2) is 9.78 Å². The topological polar surface area (TPSA) is 17.8 Å². The molecule has 0 spiro atoms. The van der Waals surface area contributed by atoms with Gasteiger partial charge >= 0.3 is 0 Å². The van der Waals surface area contributed by atoms with Gasteiger partial charge in [-0.1, -0.05) is 29.3 Å². The Labute approximate surface area is 89.9 Å². The van der Waals surface area contributed by atoms with Crippen LogP contribution in [0.4, 0.5) is 4.39 Å². The molecule has 0 aliphatic heterocycles. The van der Waals surface area contributed by atoms with Gasteiger partial charge in [-0.05, 0) is 18.2 Å². The van der Waals surface area contributed by atoms with Crippen molar-refractivity contribution in [1.82, 2.24) is 9.78 Å². The first-order valence-electron chi connectivity index (χ1n) is 3.84. The molecular weight excluding hydrogens is 226 g/mol. The average molecular weight is 231 g/mol. The molecule has 72 valence electrons. The molecule has 2 rings (SSSR count). The second-order valence-electron chi connectivity index (χ2n) is 2.64. The number of hydrogen-bond acceptors (Lipinski definition) is 1. The van der Waals surface area contributed by atoms with E-state index >= 15 is 0 Å². The van der Waals surface area contributed by atoms with Gasteiger partial charge in [-0.25, -0.2) is 9.07 Å². The van der Waals surface area contributed by atoms with Crippen molar-refractivity contribution < 1.29 is 4.39 Å². The van der Waals surface area contributed by atoms with E-state index in [9.17, 15) is 4.39 Å². The van der Waals surface area contributed by atoms with Gasteiger partial charge in [0.1, 0.15) is 16.7 Å². The summed E-state index contributed by atoms with van der Waals surface area (Å²) in [5.74, 6) is -0.455. The van der Waals surface area contributed by atoms with Crippen molar-refractivity contribution in [3.8, 4) is 5.69 Å². The van der Waals surface area contributed by atoms with Gasteiger partial charge in [0, 0.05) is 0 Å². The van der Waals surface area contributed by atoms with Gasteiger partial charge in [0.2, 0.25) is 0 Å². The Kier molecular flexibility index (Phi) is 2.44. The second kappa shape index (κ2) is 3.59. The molecule has 0 fully saturated rings. The molecule has 0 aliphatic rings. The molecule has 14 heavy (non-hydrogen) atoms. The van der Waals surface area contributed by atoms with Crippen molar-refractivity contribution in [2.45, 2.75) is 0 Å². The summed E-state index contributed by atoms with van der Waals surface area (Å²) in [4.78, 5) is 0. The van der Waals surface area contributed by atoms with Gasteiger partial charge < -0.3 is 0 Å². The van der Waals surface area contributed by atoms with Crippen LogP contribution in [-0.2, 0) is 0 Å². The van der Waals surface area contributed by atoms with Gasteiger partial charge in [0.05, 0.1) is 11.2 Å². The molecule has 0 saturated carbocycles. The highest BCUT2D eigenvalue weighted by molar-refractivity contribution is 6.33. The first-order chi connectivity index (χ1) is 6.70. The zero-order valence-electron chi connectivity index (χ0n) is 6.92. The molecule has 0 amide bonds. The number of benzene rings is 1. The van der Waals surface area contributed by atoms with E-state index in [0.29, 0.717) is 5.15 Å². The molecule has 5 heteroatoms. The fourth-order valence-corrected chi connectivity index (χ4v) is 1.57. The molecule has 0 bridgehead atoms. The van der Waals surface area contributed by atoms with E-state index in [2.05, 4.69) is 5.10 Å². The fourth-order valence-electron chi connectivity index (χ4n) is 1.14. The van der Waals surface area contributed by atoms with E-state index in [-0.39, 0.29) is 10.7 Å². The predicted octanol–water partition coefficient (Wildman–Crippen LogP) is 3.32. The lowest BCUT2D eigenvalue weighted by Gasteiger charge is -2.06. The van der Waals surface area contributed by atoms with Crippen molar-refractivity contribution in [1.29, 1.82) is 0 Å². The summed E-state index contributed by atoms with van der Waals surface area (Å²) in [7, 11) is 0. The van der Waals surface area contributed by atoms with Crippen LogP contribution >= 0.6 is 23.2 Å². The van der Waals surface area contributed by atoms with Gasteiger partial charge in [-0.3, -0.25) is 0 Å². The highest BCUT2D eigenvalue weighted by Crippen LogP contribution is 2.25. The molecule has 1 aromatic carbocycles.